The molecular formula is C55H54F12N14. The van der Waals surface area contributed by atoms with Crippen LogP contribution in [0.1, 0.15) is 84.0 Å². The molecular weight excluding hydrogens is 1080 g/mol. The Balaban J connectivity index is 0.934. The van der Waals surface area contributed by atoms with Gasteiger partial charge in [-0.25, -0.2) is 9.97 Å². The summed E-state index contributed by atoms with van der Waals surface area (Å²) in [5.41, 5.74) is -3.90. The van der Waals surface area contributed by atoms with Crippen molar-refractivity contribution >= 4 is 45.3 Å². The van der Waals surface area contributed by atoms with E-state index in [2.05, 4.69) is 30.6 Å². The number of hydrogen-bond acceptors (Lipinski definition) is 12. The number of pyridine rings is 2. The summed E-state index contributed by atoms with van der Waals surface area (Å²) in [6, 6.07) is 21.3. The predicted octanol–water partition coefficient (Wildman–Crippen LogP) is 12.6. The average Bonchev–Trinajstić information content (AvgIpc) is 3.69. The minimum atomic E-state index is -5.08. The SMILES string of the molecule is CCN(CC1CCC1)c1nc2ccccc2cc1CN(Cc1cc(C(F)(F)F)cc(C(F)(F)F)c1)c1nnn(CC2CC2CN(CC)c2nc3ccccc3cc2CN(Cc2cc(C(F)(F)F)cc(C(F)(F)F)c2)c2nnn(C)n2)n1. The second-order valence-corrected chi connectivity index (χ2v) is 20.7. The molecule has 81 heavy (non-hydrogen) atoms. The Labute approximate surface area is 456 Å². The Morgan fingerprint density at radius 1 is 0.506 bits per heavy atom. The van der Waals surface area contributed by atoms with Crippen LogP contribution < -0.4 is 19.6 Å². The summed E-state index contributed by atoms with van der Waals surface area (Å²) in [5, 5.41) is 27.1. The number of alkyl halides is 12. The molecule has 0 aliphatic heterocycles. The van der Waals surface area contributed by atoms with Crippen LogP contribution in [0.3, 0.4) is 0 Å². The third-order valence-electron chi connectivity index (χ3n) is 14.8. The molecule has 2 unspecified atom stereocenters. The topological polar surface area (TPSA) is 126 Å². The van der Waals surface area contributed by atoms with Crippen molar-refractivity contribution in [2.75, 3.05) is 45.8 Å². The number of anilines is 4. The number of tetrazole rings is 2. The van der Waals surface area contributed by atoms with Gasteiger partial charge in [-0.05, 0) is 133 Å². The second-order valence-electron chi connectivity index (χ2n) is 20.7. The molecule has 10 rings (SSSR count). The number of fused-ring (bicyclic) bond motifs is 2. The molecule has 8 aromatic rings. The van der Waals surface area contributed by atoms with Gasteiger partial charge >= 0.3 is 24.7 Å². The van der Waals surface area contributed by atoms with E-state index in [4.69, 9.17) is 15.1 Å². The maximum Gasteiger partial charge on any atom is 0.416 e. The second kappa shape index (κ2) is 22.3. The first-order valence-electron chi connectivity index (χ1n) is 26.2. The van der Waals surface area contributed by atoms with Crippen molar-refractivity contribution in [3.8, 4) is 0 Å². The highest BCUT2D eigenvalue weighted by atomic mass is 19.4. The minimum absolute atomic E-state index is 0.00751. The molecule has 0 amide bonds. The van der Waals surface area contributed by atoms with Crippen LogP contribution in [0.25, 0.3) is 21.8 Å². The predicted molar refractivity (Wildman–Crippen MR) is 277 cm³/mol. The van der Waals surface area contributed by atoms with E-state index in [0.29, 0.717) is 102 Å². The van der Waals surface area contributed by atoms with Gasteiger partial charge in [0.25, 0.3) is 11.9 Å². The highest BCUT2D eigenvalue weighted by Gasteiger charge is 2.41. The van der Waals surface area contributed by atoms with Crippen LogP contribution in [0, 0.1) is 17.8 Å². The molecule has 2 fully saturated rings. The fraction of sp³-hybridized carbons (Fsp3) is 0.418. The molecule has 428 valence electrons. The summed E-state index contributed by atoms with van der Waals surface area (Å²) in [6.45, 7) is 5.17. The van der Waals surface area contributed by atoms with Crippen molar-refractivity contribution in [3.05, 3.63) is 142 Å². The lowest BCUT2D eigenvalue weighted by Gasteiger charge is -2.34. The molecule has 4 aromatic heterocycles. The van der Waals surface area contributed by atoms with Gasteiger partial charge in [0, 0.05) is 74.3 Å². The highest BCUT2D eigenvalue weighted by Crippen LogP contribution is 2.43. The number of para-hydroxylation sites is 2. The minimum Gasteiger partial charge on any atom is -0.356 e. The fourth-order valence-electron chi connectivity index (χ4n) is 10.4. The molecule has 2 aliphatic rings. The molecule has 2 aliphatic carbocycles. The van der Waals surface area contributed by atoms with Gasteiger partial charge in [-0.1, -0.05) is 53.0 Å². The van der Waals surface area contributed by atoms with Crippen molar-refractivity contribution in [1.29, 1.82) is 0 Å². The monoisotopic (exact) mass is 1140 g/mol. The average molecular weight is 1140 g/mol. The van der Waals surface area contributed by atoms with Crippen molar-refractivity contribution in [1.82, 2.24) is 50.4 Å². The highest BCUT2D eigenvalue weighted by molar-refractivity contribution is 5.83. The lowest BCUT2D eigenvalue weighted by Crippen LogP contribution is -2.34. The summed E-state index contributed by atoms with van der Waals surface area (Å²) < 4.78 is 169. The van der Waals surface area contributed by atoms with Crippen LogP contribution in [-0.2, 0) is 64.5 Å². The molecule has 26 heteroatoms. The van der Waals surface area contributed by atoms with E-state index in [9.17, 15) is 52.7 Å². The van der Waals surface area contributed by atoms with Crippen molar-refractivity contribution in [2.45, 2.75) is 97.0 Å². The van der Waals surface area contributed by atoms with Crippen molar-refractivity contribution in [2.24, 2.45) is 24.8 Å². The van der Waals surface area contributed by atoms with Gasteiger partial charge in [-0.3, -0.25) is 0 Å². The number of hydrogen-bond donors (Lipinski definition) is 0. The molecule has 2 saturated carbocycles. The summed E-state index contributed by atoms with van der Waals surface area (Å²) in [4.78, 5) is 19.7. The number of nitrogens with zero attached hydrogens (tertiary/aromatic N) is 14. The largest absolute Gasteiger partial charge is 0.416 e. The van der Waals surface area contributed by atoms with Crippen molar-refractivity contribution in [3.63, 3.8) is 0 Å². The molecule has 0 radical (unpaired) electrons. The molecule has 4 heterocycles. The van der Waals surface area contributed by atoms with Gasteiger partial charge in [0.1, 0.15) is 11.6 Å². The Morgan fingerprint density at radius 3 is 1.37 bits per heavy atom. The quantitative estimate of drug-likeness (QED) is 0.0674. The van der Waals surface area contributed by atoms with Gasteiger partial charge in [0.05, 0.1) is 46.9 Å². The molecule has 2 atom stereocenters. The smallest absolute Gasteiger partial charge is 0.356 e. The standard InChI is InChI=1S/C55H54F12N14/c1-4-77(26-33-11-10-12-33)48-40(21-36-13-6-8-15-46(36)68-48)31-80(28-35-19-44(54(62,63)64)25-45(20-35)55(65,66)67)51-71-75-81(73-51)32-39-23-38(39)29-78(5-2)49-41(22-37-14-7-9-16-47(37)69-49)30-79(50-70-74-76(3)72-50)27-34-17-42(52(56,57)58)24-43(18-34)53(59,60)61/h6-9,13-22,24-25,33,38-39H,4-5,10-12,23,26-32H2,1-3H3. The Kier molecular flexibility index (Phi) is 15.5. The number of halogens is 12. The lowest BCUT2D eigenvalue weighted by atomic mass is 9.85. The molecule has 0 spiro atoms. The number of aryl methyl sites for hydroxylation is 1. The first kappa shape index (κ1) is 56.5. The third kappa shape index (κ3) is 13.2. The van der Waals surface area contributed by atoms with Crippen molar-refractivity contribution < 1.29 is 52.7 Å². The number of benzene rings is 4. The zero-order valence-corrected chi connectivity index (χ0v) is 44.0. The van der Waals surface area contributed by atoms with Crippen LogP contribution in [0.15, 0.2) is 97.1 Å². The molecule has 0 bridgehead atoms. The van der Waals surface area contributed by atoms with E-state index >= 15 is 0 Å². The van der Waals surface area contributed by atoms with Gasteiger partial charge in [-0.15, -0.1) is 10.2 Å². The molecule has 0 saturated heterocycles. The first-order chi connectivity index (χ1) is 38.4. The van der Waals surface area contributed by atoms with Crippen LogP contribution in [0.5, 0.6) is 0 Å². The van der Waals surface area contributed by atoms with E-state index in [0.717, 1.165) is 29.4 Å². The van der Waals surface area contributed by atoms with Gasteiger partial charge in [-0.2, -0.15) is 62.3 Å². The zero-order valence-electron chi connectivity index (χ0n) is 44.0. The third-order valence-corrected chi connectivity index (χ3v) is 14.8. The van der Waals surface area contributed by atoms with Crippen LogP contribution >= 0.6 is 0 Å². The lowest BCUT2D eigenvalue weighted by molar-refractivity contribution is -0.144. The maximum absolute atomic E-state index is 14.2. The summed E-state index contributed by atoms with van der Waals surface area (Å²) in [6.07, 6.45) is -16.4. The molecule has 4 aromatic carbocycles. The van der Waals surface area contributed by atoms with Gasteiger partial charge in [0.2, 0.25) is 0 Å². The van der Waals surface area contributed by atoms with Gasteiger partial charge < -0.3 is 19.6 Å². The van der Waals surface area contributed by atoms with E-state index in [1.54, 1.807) is 12.1 Å². The molecule has 14 nitrogen and oxygen atoms in total. The summed E-state index contributed by atoms with van der Waals surface area (Å²) >= 11 is 0. The Morgan fingerprint density at radius 2 is 0.951 bits per heavy atom. The number of aromatic nitrogens is 10. The normalized spacial score (nSPS) is 16.0. The van der Waals surface area contributed by atoms with E-state index in [1.807, 2.05) is 67.3 Å². The van der Waals surface area contributed by atoms with Crippen LogP contribution in [0.2, 0.25) is 0 Å². The maximum atomic E-state index is 14.2. The van der Waals surface area contributed by atoms with Crippen LogP contribution in [-0.4, -0.2) is 76.6 Å². The first-order valence-corrected chi connectivity index (χ1v) is 26.2. The fourth-order valence-corrected chi connectivity index (χ4v) is 10.4. The summed E-state index contributed by atoms with van der Waals surface area (Å²) in [7, 11) is 1.47. The van der Waals surface area contributed by atoms with Crippen LogP contribution in [0.4, 0.5) is 76.2 Å². The number of rotatable bonds is 20. The molecule has 0 N–H and O–H groups in total. The van der Waals surface area contributed by atoms with E-state index < -0.39 is 60.0 Å². The van der Waals surface area contributed by atoms with E-state index in [-0.39, 0.29) is 66.6 Å². The van der Waals surface area contributed by atoms with E-state index in [1.165, 1.54) is 21.6 Å². The van der Waals surface area contributed by atoms with Gasteiger partial charge in [0.15, 0.2) is 0 Å². The zero-order chi connectivity index (χ0) is 57.6. The Hall–Kier alpha value is -7.80. The Bertz CT molecular complexity index is 3450. The summed E-state index contributed by atoms with van der Waals surface area (Å²) in [5.74, 6) is 1.41.